The fourth-order valence-corrected chi connectivity index (χ4v) is 7.45. The highest BCUT2D eigenvalue weighted by molar-refractivity contribution is 5.68. The molecule has 4 aliphatic carbocycles. The maximum atomic E-state index is 12.0. The predicted octanol–water partition coefficient (Wildman–Crippen LogP) is 3.64. The lowest BCUT2D eigenvalue weighted by molar-refractivity contribution is 0.0427. The largest absolute Gasteiger partial charge is 0.444 e. The minimum Gasteiger partial charge on any atom is -0.444 e. The number of nitrogens with zero attached hydrogens (tertiary/aromatic N) is 4. The van der Waals surface area contributed by atoms with Crippen molar-refractivity contribution in [3.8, 4) is 0 Å². The van der Waals surface area contributed by atoms with Gasteiger partial charge < -0.3 is 15.8 Å². The van der Waals surface area contributed by atoms with Crippen molar-refractivity contribution in [3.05, 3.63) is 0 Å². The summed E-state index contributed by atoms with van der Waals surface area (Å²) in [5.74, 6) is 0. The molecule has 0 spiro atoms. The Bertz CT molecular complexity index is 766. The topological polar surface area (TPSA) is 77.3 Å². The molecule has 6 aliphatic rings. The van der Waals surface area contributed by atoms with E-state index in [-0.39, 0.29) is 12.1 Å². The monoisotopic (exact) mass is 546 g/mol. The third-order valence-corrected chi connectivity index (χ3v) is 9.91. The number of nitrogens with two attached hydrogens (primary N) is 1. The number of alkyl carbamates (subject to hydrolysis) is 1. The van der Waals surface area contributed by atoms with E-state index in [1.807, 2.05) is 20.8 Å². The smallest absolute Gasteiger partial charge is 0.407 e. The maximum Gasteiger partial charge on any atom is 0.407 e. The van der Waals surface area contributed by atoms with Crippen molar-refractivity contribution < 1.29 is 9.53 Å². The van der Waals surface area contributed by atoms with E-state index in [1.165, 1.54) is 117 Å². The first-order valence-electron chi connectivity index (χ1n) is 16.4. The van der Waals surface area contributed by atoms with E-state index >= 15 is 0 Å². The summed E-state index contributed by atoms with van der Waals surface area (Å²) in [7, 11) is 0. The standard InChI is InChI=1S/C18H33N3O2.C13H25N3/c1-18(2,3)23-17(22)19-14-5-4-6-16(13-14)21-11-9-20(10-12-21)15-7-8-15;14-11-2-1-3-13(10-11)16-8-6-15(7-9-16)12-4-5-12/h14-16H,4-13H2,1-3H3,(H,19,22);11-13H,1-10,14H2. The SMILES string of the molecule is CC(C)(C)OC(=O)NC1CCCC(N2CCN(C3CC3)CC2)C1.NC1CCCC(N2CCN(C3CC3)CC2)C1. The van der Waals surface area contributed by atoms with Crippen LogP contribution in [0.5, 0.6) is 0 Å². The first-order valence-corrected chi connectivity index (χ1v) is 16.4. The molecule has 39 heavy (non-hydrogen) atoms. The quantitative estimate of drug-likeness (QED) is 0.545. The number of rotatable bonds is 5. The second kappa shape index (κ2) is 13.4. The molecule has 2 aliphatic heterocycles. The highest BCUT2D eigenvalue weighted by Crippen LogP contribution is 2.31. The lowest BCUT2D eigenvalue weighted by Gasteiger charge is -2.42. The van der Waals surface area contributed by atoms with Crippen LogP contribution in [0.25, 0.3) is 0 Å². The summed E-state index contributed by atoms with van der Waals surface area (Å²) in [4.78, 5) is 22.7. The molecular formula is C31H58N6O2. The van der Waals surface area contributed by atoms with Gasteiger partial charge in [-0.25, -0.2) is 4.79 Å². The van der Waals surface area contributed by atoms with E-state index in [4.69, 9.17) is 10.5 Å². The first kappa shape index (κ1) is 29.6. The van der Waals surface area contributed by atoms with Crippen LogP contribution in [-0.2, 0) is 4.74 Å². The summed E-state index contributed by atoms with van der Waals surface area (Å²) < 4.78 is 5.40. The van der Waals surface area contributed by atoms with Crippen molar-refractivity contribution >= 4 is 6.09 Å². The molecule has 0 aromatic heterocycles. The molecule has 6 rings (SSSR count). The molecule has 4 unspecified atom stereocenters. The summed E-state index contributed by atoms with van der Waals surface area (Å²) in [6.45, 7) is 15.8. The highest BCUT2D eigenvalue weighted by Gasteiger charge is 2.35. The summed E-state index contributed by atoms with van der Waals surface area (Å²) >= 11 is 0. The minimum atomic E-state index is -0.419. The van der Waals surface area contributed by atoms with E-state index in [0.717, 1.165) is 31.0 Å². The molecule has 4 atom stereocenters. The molecule has 8 heteroatoms. The van der Waals surface area contributed by atoms with Gasteiger partial charge in [-0.2, -0.15) is 0 Å². The Kier molecular flexibility index (Phi) is 10.1. The molecule has 4 saturated carbocycles. The fourth-order valence-electron chi connectivity index (χ4n) is 7.45. The summed E-state index contributed by atoms with van der Waals surface area (Å²) in [5.41, 5.74) is 5.66. The van der Waals surface area contributed by atoms with Gasteiger partial charge in [-0.1, -0.05) is 6.42 Å². The van der Waals surface area contributed by atoms with Crippen molar-refractivity contribution in [1.29, 1.82) is 0 Å². The molecule has 0 radical (unpaired) electrons. The molecule has 0 bridgehead atoms. The maximum absolute atomic E-state index is 12.0. The average Bonchev–Trinajstić information content (AvgIpc) is 3.82. The lowest BCUT2D eigenvalue weighted by Crippen LogP contribution is -2.53. The molecule has 1 amide bonds. The molecule has 0 aromatic rings. The number of hydrogen-bond donors (Lipinski definition) is 2. The van der Waals surface area contributed by atoms with Crippen molar-refractivity contribution in [2.45, 2.75) is 140 Å². The van der Waals surface area contributed by atoms with E-state index < -0.39 is 5.60 Å². The predicted molar refractivity (Wildman–Crippen MR) is 158 cm³/mol. The zero-order valence-electron chi connectivity index (χ0n) is 25.3. The van der Waals surface area contributed by atoms with Crippen LogP contribution in [0.3, 0.4) is 0 Å². The van der Waals surface area contributed by atoms with Crippen LogP contribution in [-0.4, -0.2) is 120 Å². The van der Waals surface area contributed by atoms with Gasteiger partial charge in [0.1, 0.15) is 5.60 Å². The van der Waals surface area contributed by atoms with Gasteiger partial charge in [-0.15, -0.1) is 0 Å². The Morgan fingerprint density at radius 2 is 1.08 bits per heavy atom. The normalized spacial score (nSPS) is 34.2. The molecule has 2 saturated heterocycles. The van der Waals surface area contributed by atoms with E-state index in [0.29, 0.717) is 12.1 Å². The van der Waals surface area contributed by atoms with Gasteiger partial charge in [0.2, 0.25) is 0 Å². The number of ether oxygens (including phenoxy) is 1. The third-order valence-electron chi connectivity index (χ3n) is 9.91. The molecular weight excluding hydrogens is 488 g/mol. The Labute approximate surface area is 238 Å². The summed E-state index contributed by atoms with van der Waals surface area (Å²) in [6.07, 6.45) is 15.3. The number of carbonyl (C=O) groups excluding carboxylic acids is 1. The third kappa shape index (κ3) is 9.29. The highest BCUT2D eigenvalue weighted by atomic mass is 16.6. The number of piperazine rings is 2. The van der Waals surface area contributed by atoms with Gasteiger partial charge in [0, 0.05) is 88.6 Å². The van der Waals surface area contributed by atoms with Crippen molar-refractivity contribution in [2.24, 2.45) is 5.73 Å². The van der Waals surface area contributed by atoms with E-state index in [2.05, 4.69) is 24.9 Å². The van der Waals surface area contributed by atoms with Crippen LogP contribution in [0, 0.1) is 0 Å². The second-order valence-corrected chi connectivity index (χ2v) is 14.4. The van der Waals surface area contributed by atoms with Gasteiger partial charge in [0.15, 0.2) is 0 Å². The Hall–Kier alpha value is -0.930. The van der Waals surface area contributed by atoms with Crippen LogP contribution in [0.4, 0.5) is 4.79 Å². The van der Waals surface area contributed by atoms with Crippen molar-refractivity contribution in [1.82, 2.24) is 24.9 Å². The Morgan fingerprint density at radius 1 is 0.641 bits per heavy atom. The van der Waals surface area contributed by atoms with E-state index in [1.54, 1.807) is 0 Å². The second-order valence-electron chi connectivity index (χ2n) is 14.4. The number of carbonyl (C=O) groups is 1. The van der Waals surface area contributed by atoms with Crippen LogP contribution in [0.1, 0.15) is 97.8 Å². The molecule has 224 valence electrons. The molecule has 8 nitrogen and oxygen atoms in total. The molecule has 3 N–H and O–H groups in total. The van der Waals surface area contributed by atoms with Gasteiger partial charge in [-0.05, 0) is 91.4 Å². The van der Waals surface area contributed by atoms with Gasteiger partial charge in [-0.3, -0.25) is 19.6 Å². The van der Waals surface area contributed by atoms with Gasteiger partial charge in [0.05, 0.1) is 0 Å². The lowest BCUT2D eigenvalue weighted by atomic mass is 9.89. The molecule has 2 heterocycles. The number of nitrogens with one attached hydrogen (secondary N) is 1. The Balaban J connectivity index is 0.000000168. The summed E-state index contributed by atoms with van der Waals surface area (Å²) in [5, 5.41) is 3.08. The van der Waals surface area contributed by atoms with Crippen molar-refractivity contribution in [2.75, 3.05) is 52.4 Å². The average molecular weight is 547 g/mol. The zero-order chi connectivity index (χ0) is 27.4. The summed E-state index contributed by atoms with van der Waals surface area (Å²) in [6, 6.07) is 4.02. The number of amides is 1. The van der Waals surface area contributed by atoms with Gasteiger partial charge in [0.25, 0.3) is 0 Å². The molecule has 0 aromatic carbocycles. The minimum absolute atomic E-state index is 0.262. The van der Waals surface area contributed by atoms with Crippen LogP contribution in [0.2, 0.25) is 0 Å². The van der Waals surface area contributed by atoms with Crippen LogP contribution >= 0.6 is 0 Å². The van der Waals surface area contributed by atoms with Crippen molar-refractivity contribution in [3.63, 3.8) is 0 Å². The fraction of sp³-hybridized carbons (Fsp3) is 0.968. The van der Waals surface area contributed by atoms with Gasteiger partial charge >= 0.3 is 6.09 Å². The molecule has 6 fully saturated rings. The van der Waals surface area contributed by atoms with Crippen LogP contribution < -0.4 is 11.1 Å². The van der Waals surface area contributed by atoms with Crippen LogP contribution in [0.15, 0.2) is 0 Å². The van der Waals surface area contributed by atoms with E-state index in [9.17, 15) is 4.79 Å². The number of hydrogen-bond acceptors (Lipinski definition) is 7. The first-order chi connectivity index (χ1) is 18.7. The zero-order valence-corrected chi connectivity index (χ0v) is 25.3. The Morgan fingerprint density at radius 3 is 1.51 bits per heavy atom.